The first-order chi connectivity index (χ1) is 18.6. The van der Waals surface area contributed by atoms with Gasteiger partial charge in [-0.25, -0.2) is 8.42 Å². The van der Waals surface area contributed by atoms with Crippen molar-refractivity contribution in [2.24, 2.45) is 0 Å². The lowest BCUT2D eigenvalue weighted by Gasteiger charge is -2.31. The number of ether oxygens (including phenoxy) is 2. The Labute approximate surface area is 234 Å². The summed E-state index contributed by atoms with van der Waals surface area (Å²) in [5.74, 6) is -0.325. The van der Waals surface area contributed by atoms with Crippen LogP contribution in [0.2, 0.25) is 5.02 Å². The van der Waals surface area contributed by atoms with Gasteiger partial charge in [0.2, 0.25) is 11.8 Å². The van der Waals surface area contributed by atoms with Crippen LogP contribution in [-0.2, 0) is 26.0 Å². The van der Waals surface area contributed by atoms with E-state index in [0.29, 0.717) is 17.2 Å². The van der Waals surface area contributed by atoms with Gasteiger partial charge < -0.3 is 19.7 Å². The third kappa shape index (κ3) is 7.21. The van der Waals surface area contributed by atoms with Crippen LogP contribution < -0.4 is 19.1 Å². The monoisotopic (exact) mass is 573 g/mol. The van der Waals surface area contributed by atoms with Crippen molar-refractivity contribution in [1.82, 2.24) is 10.2 Å². The van der Waals surface area contributed by atoms with E-state index in [1.54, 1.807) is 19.1 Å². The molecule has 0 aliphatic carbocycles. The molecule has 0 aromatic heterocycles. The lowest BCUT2D eigenvalue weighted by Crippen LogP contribution is -2.51. The van der Waals surface area contributed by atoms with Gasteiger partial charge in [-0.2, -0.15) is 0 Å². The second kappa shape index (κ2) is 13.3. The Morgan fingerprint density at radius 2 is 1.59 bits per heavy atom. The summed E-state index contributed by atoms with van der Waals surface area (Å²) in [5, 5.41) is 2.97. The first-order valence-electron chi connectivity index (χ1n) is 12.2. The van der Waals surface area contributed by atoms with Gasteiger partial charge in [0.05, 0.1) is 24.8 Å². The zero-order valence-electron chi connectivity index (χ0n) is 22.3. The Hall–Kier alpha value is -3.76. The number of nitrogens with zero attached hydrogens (tertiary/aromatic N) is 2. The third-order valence-corrected chi connectivity index (χ3v) is 8.26. The molecule has 3 aromatic carbocycles. The van der Waals surface area contributed by atoms with Gasteiger partial charge in [-0.1, -0.05) is 41.9 Å². The van der Waals surface area contributed by atoms with Crippen LogP contribution in [0.4, 0.5) is 5.69 Å². The number of likely N-dealkylation sites (N-methyl/N-ethyl adjacent to an activating group) is 1. The van der Waals surface area contributed by atoms with E-state index < -0.39 is 28.5 Å². The number of halogens is 1. The van der Waals surface area contributed by atoms with Crippen molar-refractivity contribution in [3.05, 3.63) is 83.4 Å². The Morgan fingerprint density at radius 1 is 0.949 bits per heavy atom. The van der Waals surface area contributed by atoms with Gasteiger partial charge in [0.1, 0.15) is 12.6 Å². The summed E-state index contributed by atoms with van der Waals surface area (Å²) in [6, 6.07) is 19.0. The number of hydrogen-bond donors (Lipinski definition) is 1. The van der Waals surface area contributed by atoms with E-state index in [1.165, 1.54) is 56.5 Å². The highest BCUT2D eigenvalue weighted by Crippen LogP contribution is 2.32. The highest BCUT2D eigenvalue weighted by Gasteiger charge is 2.32. The Kier molecular flexibility index (Phi) is 10.2. The molecule has 0 heterocycles. The molecule has 208 valence electrons. The molecular weight excluding hydrogens is 542 g/mol. The molecule has 0 aliphatic heterocycles. The zero-order valence-corrected chi connectivity index (χ0v) is 23.8. The van der Waals surface area contributed by atoms with Crippen LogP contribution in [0.1, 0.15) is 12.5 Å². The number of anilines is 1. The quantitative estimate of drug-likeness (QED) is 0.354. The average molecular weight is 574 g/mol. The molecule has 0 fully saturated rings. The van der Waals surface area contributed by atoms with Crippen LogP contribution in [0.3, 0.4) is 0 Å². The van der Waals surface area contributed by atoms with E-state index in [2.05, 4.69) is 5.32 Å². The predicted molar refractivity (Wildman–Crippen MR) is 151 cm³/mol. The van der Waals surface area contributed by atoms with Crippen LogP contribution in [0, 0.1) is 0 Å². The summed E-state index contributed by atoms with van der Waals surface area (Å²) in [4.78, 5) is 27.6. The molecular formula is C28H32ClN3O6S. The second-order valence-corrected chi connectivity index (χ2v) is 10.9. The predicted octanol–water partition coefficient (Wildman–Crippen LogP) is 3.76. The molecule has 11 heteroatoms. The zero-order chi connectivity index (χ0) is 28.6. The molecule has 0 bridgehead atoms. The van der Waals surface area contributed by atoms with Crippen molar-refractivity contribution >= 4 is 39.1 Å². The molecule has 2 amide bonds. The summed E-state index contributed by atoms with van der Waals surface area (Å²) in [6.07, 6.45) is 0.483. The first-order valence-corrected chi connectivity index (χ1v) is 14.0. The van der Waals surface area contributed by atoms with Crippen LogP contribution in [-0.4, -0.2) is 65.5 Å². The largest absolute Gasteiger partial charge is 0.493 e. The molecule has 3 rings (SSSR count). The van der Waals surface area contributed by atoms with Crippen LogP contribution >= 0.6 is 11.6 Å². The molecule has 1 atom stereocenters. The second-order valence-electron chi connectivity index (χ2n) is 8.62. The fourth-order valence-electron chi connectivity index (χ4n) is 4.02. The summed E-state index contributed by atoms with van der Waals surface area (Å²) < 4.78 is 39.4. The fraction of sp³-hybridized carbons (Fsp3) is 0.286. The summed E-state index contributed by atoms with van der Waals surface area (Å²) >= 11 is 6.05. The minimum Gasteiger partial charge on any atom is -0.493 e. The normalized spacial score (nSPS) is 11.8. The third-order valence-electron chi connectivity index (χ3n) is 6.23. The number of rotatable bonds is 12. The van der Waals surface area contributed by atoms with E-state index in [0.717, 1.165) is 9.87 Å². The van der Waals surface area contributed by atoms with Crippen LogP contribution in [0.25, 0.3) is 0 Å². The number of amides is 2. The number of nitrogens with one attached hydrogen (secondary N) is 1. The average Bonchev–Trinajstić information content (AvgIpc) is 2.96. The van der Waals surface area contributed by atoms with Crippen molar-refractivity contribution in [3.8, 4) is 11.5 Å². The smallest absolute Gasteiger partial charge is 0.264 e. The van der Waals surface area contributed by atoms with Crippen molar-refractivity contribution in [3.63, 3.8) is 0 Å². The molecule has 1 N–H and O–H groups in total. The Morgan fingerprint density at radius 3 is 2.18 bits per heavy atom. The first kappa shape index (κ1) is 29.8. The Balaban J connectivity index is 2.01. The van der Waals surface area contributed by atoms with Gasteiger partial charge in [-0.3, -0.25) is 13.9 Å². The lowest BCUT2D eigenvalue weighted by atomic mass is 10.1. The van der Waals surface area contributed by atoms with E-state index in [-0.39, 0.29) is 28.8 Å². The maximum Gasteiger partial charge on any atom is 0.264 e. The minimum atomic E-state index is -4.27. The SMILES string of the molecule is CNC(=O)[C@H](C)N(CCc1ccccc1)C(=O)CN(c1ccc(Cl)cc1)S(=O)(=O)c1ccc(OC)c(OC)c1. The van der Waals surface area contributed by atoms with Crippen molar-refractivity contribution < 1.29 is 27.5 Å². The number of benzene rings is 3. The highest BCUT2D eigenvalue weighted by atomic mass is 35.5. The van der Waals surface area contributed by atoms with E-state index in [4.69, 9.17) is 21.1 Å². The minimum absolute atomic E-state index is 0.0990. The Bertz CT molecular complexity index is 1380. The highest BCUT2D eigenvalue weighted by molar-refractivity contribution is 7.92. The van der Waals surface area contributed by atoms with Gasteiger partial charge in [0, 0.05) is 24.7 Å². The van der Waals surface area contributed by atoms with E-state index in [9.17, 15) is 18.0 Å². The van der Waals surface area contributed by atoms with Crippen molar-refractivity contribution in [2.75, 3.05) is 38.7 Å². The molecule has 0 aliphatic rings. The van der Waals surface area contributed by atoms with Gasteiger partial charge in [-0.15, -0.1) is 0 Å². The standard InChI is InChI=1S/C28H32ClN3O6S/c1-20(28(34)30-2)31(17-16-21-8-6-5-7-9-21)27(33)19-32(23-12-10-22(29)11-13-23)39(35,36)24-14-15-25(37-3)26(18-24)38-4/h5-15,18,20H,16-17,19H2,1-4H3,(H,30,34)/t20-/m0/s1. The summed E-state index contributed by atoms with van der Waals surface area (Å²) in [6.45, 7) is 1.27. The van der Waals surface area contributed by atoms with Crippen molar-refractivity contribution in [2.45, 2.75) is 24.3 Å². The molecule has 9 nitrogen and oxygen atoms in total. The summed E-state index contributed by atoms with van der Waals surface area (Å²) in [5.41, 5.74) is 1.21. The summed E-state index contributed by atoms with van der Waals surface area (Å²) in [7, 11) is 0.0703. The van der Waals surface area contributed by atoms with E-state index >= 15 is 0 Å². The maximum atomic E-state index is 13.9. The number of carbonyl (C=O) groups excluding carboxylic acids is 2. The molecule has 0 unspecified atom stereocenters. The van der Waals surface area contributed by atoms with Gasteiger partial charge in [0.15, 0.2) is 11.5 Å². The molecule has 0 spiro atoms. The van der Waals surface area contributed by atoms with Gasteiger partial charge >= 0.3 is 0 Å². The van der Waals surface area contributed by atoms with Crippen LogP contribution in [0.5, 0.6) is 11.5 Å². The molecule has 0 saturated heterocycles. The lowest BCUT2D eigenvalue weighted by molar-refractivity contribution is -0.138. The number of sulfonamides is 1. The topological polar surface area (TPSA) is 105 Å². The number of hydrogen-bond acceptors (Lipinski definition) is 6. The molecule has 0 saturated carbocycles. The number of carbonyl (C=O) groups is 2. The van der Waals surface area contributed by atoms with Gasteiger partial charge in [0.25, 0.3) is 10.0 Å². The molecule has 39 heavy (non-hydrogen) atoms. The molecule has 3 aromatic rings. The fourth-order valence-corrected chi connectivity index (χ4v) is 5.58. The van der Waals surface area contributed by atoms with Crippen LogP contribution in [0.15, 0.2) is 77.7 Å². The molecule has 0 radical (unpaired) electrons. The van der Waals surface area contributed by atoms with Gasteiger partial charge in [-0.05, 0) is 55.3 Å². The van der Waals surface area contributed by atoms with Crippen molar-refractivity contribution in [1.29, 1.82) is 0 Å². The van der Waals surface area contributed by atoms with E-state index in [1.807, 2.05) is 30.3 Å². The maximum absolute atomic E-state index is 13.9. The number of methoxy groups -OCH3 is 2.